The Morgan fingerprint density at radius 3 is 1.40 bits per heavy atom. The topological polar surface area (TPSA) is 40.5 Å². The number of hydrogen-bond acceptors (Lipinski definition) is 3. The van der Waals surface area contributed by atoms with Crippen LogP contribution in [0.1, 0.15) is 0 Å². The molecule has 2 rings (SSSR count). The number of aromatic hydroxyl groups is 2. The molecule has 2 nitrogen and oxygen atoms in total. The lowest BCUT2D eigenvalue weighted by Gasteiger charge is -2.09. The first kappa shape index (κ1) is 18.0. The molecule has 0 saturated heterocycles. The molecular weight excluding hydrogens is 382 g/mol. The summed E-state index contributed by atoms with van der Waals surface area (Å²) in [6, 6.07) is 5.91. The van der Waals surface area contributed by atoms with E-state index in [0.717, 1.165) is 11.8 Å². The number of halogens is 4. The summed E-state index contributed by atoms with van der Waals surface area (Å²) in [7, 11) is 0. The Morgan fingerprint density at radius 1 is 0.700 bits per heavy atom. The lowest BCUT2D eigenvalue weighted by atomic mass is 10.3. The molecule has 0 aromatic heterocycles. The third-order valence-corrected chi connectivity index (χ3v) is 4.28. The number of benzene rings is 2. The van der Waals surface area contributed by atoms with Gasteiger partial charge in [-0.2, -0.15) is 0 Å². The SMILES string of the molecule is Oc1c(Cl)cc(Cl)cc1Sc1cc(Cl)cc(Cl)c1O.[SH]. The average molecular weight is 389 g/mol. The van der Waals surface area contributed by atoms with Crippen molar-refractivity contribution in [2.45, 2.75) is 9.79 Å². The minimum atomic E-state index is -0.119. The van der Waals surface area contributed by atoms with E-state index in [1.807, 2.05) is 0 Å². The highest BCUT2D eigenvalue weighted by Gasteiger charge is 2.14. The summed E-state index contributed by atoms with van der Waals surface area (Å²) in [6.07, 6.45) is 0. The van der Waals surface area contributed by atoms with Crippen molar-refractivity contribution in [3.05, 3.63) is 44.4 Å². The third-order valence-electron chi connectivity index (χ3n) is 2.21. The van der Waals surface area contributed by atoms with Crippen molar-refractivity contribution < 1.29 is 10.2 Å². The minimum absolute atomic E-state index is 0. The van der Waals surface area contributed by atoms with Gasteiger partial charge >= 0.3 is 0 Å². The summed E-state index contributed by atoms with van der Waals surface area (Å²) in [5, 5.41) is 20.7. The van der Waals surface area contributed by atoms with E-state index in [4.69, 9.17) is 46.4 Å². The van der Waals surface area contributed by atoms with Crippen LogP contribution in [0.3, 0.4) is 0 Å². The zero-order valence-electron chi connectivity index (χ0n) is 9.57. The molecule has 0 aliphatic carbocycles. The molecule has 0 unspecified atom stereocenters. The van der Waals surface area contributed by atoms with Crippen molar-refractivity contribution in [2.75, 3.05) is 0 Å². The Balaban J connectivity index is 0.00000200. The van der Waals surface area contributed by atoms with Crippen molar-refractivity contribution in [3.8, 4) is 11.5 Å². The summed E-state index contributed by atoms with van der Waals surface area (Å²) >= 11 is 24.4. The Hall–Kier alpha value is -0.100. The molecule has 0 amide bonds. The molecule has 2 aromatic carbocycles. The summed E-state index contributed by atoms with van der Waals surface area (Å²) in [5.74, 6) is -0.238. The van der Waals surface area contributed by atoms with E-state index in [2.05, 4.69) is 0 Å². The van der Waals surface area contributed by atoms with Gasteiger partial charge in [-0.1, -0.05) is 58.2 Å². The van der Waals surface area contributed by atoms with Gasteiger partial charge in [0.25, 0.3) is 0 Å². The van der Waals surface area contributed by atoms with E-state index in [1.54, 1.807) is 0 Å². The number of thiol groups is 1. The quantitative estimate of drug-likeness (QED) is 0.533. The Bertz CT molecular complexity index is 594. The van der Waals surface area contributed by atoms with E-state index in [0.29, 0.717) is 19.8 Å². The fourth-order valence-electron chi connectivity index (χ4n) is 1.36. The molecule has 0 fully saturated rings. The second-order valence-corrected chi connectivity index (χ2v) is 6.34. The number of phenolic OH excluding ortho intramolecular Hbond substituents is 2. The predicted molar refractivity (Wildman–Crippen MR) is 89.4 cm³/mol. The monoisotopic (exact) mass is 387 g/mol. The first-order valence-corrected chi connectivity index (χ1v) is 7.25. The van der Waals surface area contributed by atoms with Gasteiger partial charge in [0.1, 0.15) is 11.5 Å². The smallest absolute Gasteiger partial charge is 0.148 e. The molecule has 2 aromatic rings. The van der Waals surface area contributed by atoms with Crippen LogP contribution in [0.5, 0.6) is 11.5 Å². The van der Waals surface area contributed by atoms with Crippen LogP contribution in [0.2, 0.25) is 20.1 Å². The van der Waals surface area contributed by atoms with E-state index in [1.165, 1.54) is 24.3 Å². The first-order chi connectivity index (χ1) is 8.88. The first-order valence-electron chi connectivity index (χ1n) is 4.92. The summed E-state index contributed by atoms with van der Waals surface area (Å²) in [4.78, 5) is 0.789. The molecule has 0 bridgehead atoms. The van der Waals surface area contributed by atoms with E-state index >= 15 is 0 Å². The van der Waals surface area contributed by atoms with E-state index in [-0.39, 0.29) is 35.0 Å². The van der Waals surface area contributed by atoms with Gasteiger partial charge in [0, 0.05) is 10.0 Å². The average Bonchev–Trinajstić information content (AvgIpc) is 2.31. The zero-order valence-corrected chi connectivity index (χ0v) is 14.3. The van der Waals surface area contributed by atoms with Gasteiger partial charge in [0.15, 0.2) is 0 Å². The summed E-state index contributed by atoms with van der Waals surface area (Å²) in [5.41, 5.74) is 0. The van der Waals surface area contributed by atoms with Gasteiger partial charge in [-0.15, -0.1) is 13.5 Å². The number of phenols is 2. The maximum atomic E-state index is 9.85. The van der Waals surface area contributed by atoms with Gasteiger partial charge < -0.3 is 10.2 Å². The second-order valence-electron chi connectivity index (χ2n) is 3.57. The highest BCUT2D eigenvalue weighted by molar-refractivity contribution is 7.99. The third kappa shape index (κ3) is 3.97. The van der Waals surface area contributed by atoms with Crippen molar-refractivity contribution in [2.24, 2.45) is 0 Å². The molecule has 8 heteroatoms. The van der Waals surface area contributed by atoms with Gasteiger partial charge in [0.2, 0.25) is 0 Å². The molecule has 1 radical (unpaired) electrons. The molecule has 0 aliphatic heterocycles. The molecule has 2 N–H and O–H groups in total. The maximum absolute atomic E-state index is 9.85. The lowest BCUT2D eigenvalue weighted by Crippen LogP contribution is -1.81. The van der Waals surface area contributed by atoms with Crippen LogP contribution < -0.4 is 0 Å². The number of rotatable bonds is 2. The molecule has 0 spiro atoms. The molecule has 0 aliphatic rings. The highest BCUT2D eigenvalue weighted by atomic mass is 35.5. The zero-order chi connectivity index (χ0) is 14.2. The molecule has 107 valence electrons. The molecule has 0 saturated carbocycles. The number of hydrogen-bond donors (Lipinski definition) is 3. The normalized spacial score (nSPS) is 10.2. The standard InChI is InChI=1S/C12H6Cl4O2S.HS/c13-5-1-7(15)11(17)9(3-5)19-10-4-6(14)2-8(16)12(10)18;/h1-4,17-18H;1H. The van der Waals surface area contributed by atoms with Crippen molar-refractivity contribution in [1.82, 2.24) is 0 Å². The lowest BCUT2D eigenvalue weighted by molar-refractivity contribution is 0.460. The van der Waals surface area contributed by atoms with E-state index in [9.17, 15) is 10.2 Å². The van der Waals surface area contributed by atoms with Gasteiger partial charge in [0.05, 0.1) is 19.8 Å². The fraction of sp³-hybridized carbons (Fsp3) is 0. The molecular formula is C12H7Cl4O2S2. The summed E-state index contributed by atoms with van der Waals surface area (Å²) in [6.45, 7) is 0. The Labute approximate surface area is 147 Å². The van der Waals surface area contributed by atoms with Crippen LogP contribution in [-0.2, 0) is 0 Å². The highest BCUT2D eigenvalue weighted by Crippen LogP contribution is 2.45. The Morgan fingerprint density at radius 2 is 1.05 bits per heavy atom. The maximum Gasteiger partial charge on any atom is 0.148 e. The van der Waals surface area contributed by atoms with Gasteiger partial charge in [-0.05, 0) is 24.3 Å². The minimum Gasteiger partial charge on any atom is -0.505 e. The summed E-state index contributed by atoms with van der Waals surface area (Å²) < 4.78 is 0. The van der Waals surface area contributed by atoms with Crippen molar-refractivity contribution >= 4 is 71.7 Å². The van der Waals surface area contributed by atoms with Crippen LogP contribution in [0.25, 0.3) is 0 Å². The van der Waals surface area contributed by atoms with Crippen LogP contribution >= 0.6 is 71.7 Å². The van der Waals surface area contributed by atoms with Crippen LogP contribution in [0, 0.1) is 0 Å². The molecule has 0 heterocycles. The van der Waals surface area contributed by atoms with Crippen LogP contribution in [0.15, 0.2) is 34.1 Å². The van der Waals surface area contributed by atoms with Gasteiger partial charge in [-0.25, -0.2) is 0 Å². The van der Waals surface area contributed by atoms with Crippen LogP contribution in [0.4, 0.5) is 0 Å². The van der Waals surface area contributed by atoms with Crippen molar-refractivity contribution in [3.63, 3.8) is 0 Å². The van der Waals surface area contributed by atoms with E-state index < -0.39 is 0 Å². The van der Waals surface area contributed by atoms with Crippen molar-refractivity contribution in [1.29, 1.82) is 0 Å². The fourth-order valence-corrected chi connectivity index (χ4v) is 3.61. The largest absolute Gasteiger partial charge is 0.505 e. The second kappa shape index (κ2) is 7.25. The van der Waals surface area contributed by atoms with Crippen LogP contribution in [-0.4, -0.2) is 10.2 Å². The Kier molecular flexibility index (Phi) is 6.51. The molecule has 20 heavy (non-hydrogen) atoms. The molecule has 0 atom stereocenters. The van der Waals surface area contributed by atoms with Gasteiger partial charge in [-0.3, -0.25) is 0 Å². The predicted octanol–water partition coefficient (Wildman–Crippen LogP) is 6.24.